The fourth-order valence-corrected chi connectivity index (χ4v) is 1.84. The van der Waals surface area contributed by atoms with Crippen molar-refractivity contribution in [1.82, 2.24) is 5.16 Å². The Balaban J connectivity index is 2.60. The maximum Gasteiger partial charge on any atom is 0.222 e. The van der Waals surface area contributed by atoms with E-state index in [1.54, 1.807) is 6.26 Å². The van der Waals surface area contributed by atoms with E-state index in [2.05, 4.69) is 9.68 Å². The zero-order chi connectivity index (χ0) is 11.7. The van der Waals surface area contributed by atoms with Gasteiger partial charge in [0.25, 0.3) is 0 Å². The van der Waals surface area contributed by atoms with Gasteiger partial charge in [0.1, 0.15) is 17.3 Å². The molecule has 6 heteroatoms. The van der Waals surface area contributed by atoms with Crippen molar-refractivity contribution >= 4 is 17.6 Å². The summed E-state index contributed by atoms with van der Waals surface area (Å²) in [5, 5.41) is 3.55. The summed E-state index contributed by atoms with van der Waals surface area (Å²) in [6, 6.07) is 3.54. The van der Waals surface area contributed by atoms with Crippen molar-refractivity contribution in [3.8, 4) is 11.3 Å². The highest BCUT2D eigenvalue weighted by atomic mass is 32.2. The van der Waals surface area contributed by atoms with Gasteiger partial charge >= 0.3 is 0 Å². The fraction of sp³-hybridized carbons (Fsp3) is 0.100. The molecule has 2 rings (SSSR count). The molecule has 3 nitrogen and oxygen atoms in total. The third kappa shape index (κ3) is 1.88. The van der Waals surface area contributed by atoms with E-state index in [0.717, 1.165) is 23.9 Å². The van der Waals surface area contributed by atoms with E-state index in [-0.39, 0.29) is 22.0 Å². The lowest BCUT2D eigenvalue weighted by molar-refractivity contribution is 0.438. The van der Waals surface area contributed by atoms with Gasteiger partial charge in [-0.2, -0.15) is 0 Å². The smallest absolute Gasteiger partial charge is 0.222 e. The van der Waals surface area contributed by atoms with Crippen LogP contribution in [0.4, 0.5) is 14.7 Å². The van der Waals surface area contributed by atoms with Crippen molar-refractivity contribution in [2.45, 2.75) is 4.90 Å². The van der Waals surface area contributed by atoms with Gasteiger partial charge in [-0.15, -0.1) is 11.8 Å². The third-order valence-corrected chi connectivity index (χ3v) is 2.77. The molecule has 0 spiro atoms. The van der Waals surface area contributed by atoms with E-state index in [1.165, 1.54) is 6.07 Å². The quantitative estimate of drug-likeness (QED) is 0.822. The Morgan fingerprint density at radius 2 is 2.06 bits per heavy atom. The summed E-state index contributed by atoms with van der Waals surface area (Å²) in [6.45, 7) is 0. The molecule has 0 saturated heterocycles. The van der Waals surface area contributed by atoms with Crippen LogP contribution in [0.5, 0.6) is 0 Å². The summed E-state index contributed by atoms with van der Waals surface area (Å²) in [5.41, 5.74) is 5.56. The molecule has 0 unspecified atom stereocenters. The minimum absolute atomic E-state index is 0.0461. The number of nitrogens with zero attached hydrogens (tertiary/aromatic N) is 1. The van der Waals surface area contributed by atoms with E-state index in [4.69, 9.17) is 5.73 Å². The van der Waals surface area contributed by atoms with Gasteiger partial charge in [0.2, 0.25) is 5.88 Å². The average Bonchev–Trinajstić information content (AvgIpc) is 2.67. The Bertz CT molecular complexity index is 528. The molecule has 84 valence electrons. The standard InChI is InChI=1S/C10H8F2N2OS/c1-16-8-3-5(11)2-6(10(8)12)7-4-9(13)15-14-7/h2-4H,13H2,1H3. The average molecular weight is 242 g/mol. The van der Waals surface area contributed by atoms with Crippen molar-refractivity contribution in [3.63, 3.8) is 0 Å². The van der Waals surface area contributed by atoms with Gasteiger partial charge in [0.15, 0.2) is 0 Å². The number of nitrogen functional groups attached to an aromatic ring is 1. The molecule has 0 saturated carbocycles. The molecule has 0 aliphatic carbocycles. The summed E-state index contributed by atoms with van der Waals surface area (Å²) in [4.78, 5) is 0.219. The van der Waals surface area contributed by atoms with Gasteiger partial charge < -0.3 is 10.3 Å². The highest BCUT2D eigenvalue weighted by Crippen LogP contribution is 2.30. The first kappa shape index (κ1) is 10.9. The highest BCUT2D eigenvalue weighted by molar-refractivity contribution is 7.98. The van der Waals surface area contributed by atoms with Crippen molar-refractivity contribution in [2.75, 3.05) is 12.0 Å². The Morgan fingerprint density at radius 3 is 2.62 bits per heavy atom. The SMILES string of the molecule is CSc1cc(F)cc(-c2cc(N)on2)c1F. The van der Waals surface area contributed by atoms with Crippen LogP contribution in [0.2, 0.25) is 0 Å². The summed E-state index contributed by atoms with van der Waals surface area (Å²) in [7, 11) is 0. The molecular weight excluding hydrogens is 234 g/mol. The maximum absolute atomic E-state index is 13.8. The molecule has 16 heavy (non-hydrogen) atoms. The second-order valence-electron chi connectivity index (χ2n) is 3.08. The van der Waals surface area contributed by atoms with E-state index in [9.17, 15) is 8.78 Å². The summed E-state index contributed by atoms with van der Waals surface area (Å²) in [6.07, 6.45) is 1.67. The van der Waals surface area contributed by atoms with Gasteiger partial charge in [-0.05, 0) is 18.4 Å². The van der Waals surface area contributed by atoms with Gasteiger partial charge in [-0.3, -0.25) is 0 Å². The highest BCUT2D eigenvalue weighted by Gasteiger charge is 2.15. The van der Waals surface area contributed by atoms with Crippen molar-refractivity contribution in [2.24, 2.45) is 0 Å². The second-order valence-corrected chi connectivity index (χ2v) is 3.93. The lowest BCUT2D eigenvalue weighted by Gasteiger charge is -2.04. The minimum atomic E-state index is -0.526. The lowest BCUT2D eigenvalue weighted by Crippen LogP contribution is -1.90. The topological polar surface area (TPSA) is 52.0 Å². The van der Waals surface area contributed by atoms with E-state index < -0.39 is 11.6 Å². The van der Waals surface area contributed by atoms with Crippen LogP contribution in [0.25, 0.3) is 11.3 Å². The predicted octanol–water partition coefficient (Wildman–Crippen LogP) is 2.92. The van der Waals surface area contributed by atoms with Crippen LogP contribution in [0.15, 0.2) is 27.6 Å². The first-order valence-corrected chi connectivity index (χ1v) is 5.60. The van der Waals surface area contributed by atoms with Gasteiger partial charge in [-0.25, -0.2) is 8.78 Å². The van der Waals surface area contributed by atoms with Gasteiger partial charge in [0, 0.05) is 16.5 Å². The lowest BCUT2D eigenvalue weighted by atomic mass is 10.1. The summed E-state index contributed by atoms with van der Waals surface area (Å²) in [5.74, 6) is -0.992. The molecule has 1 heterocycles. The van der Waals surface area contributed by atoms with Gasteiger partial charge in [0.05, 0.1) is 0 Å². The number of anilines is 1. The van der Waals surface area contributed by atoms with Crippen molar-refractivity contribution in [3.05, 3.63) is 29.8 Å². The number of benzene rings is 1. The molecule has 0 fully saturated rings. The number of nitrogens with two attached hydrogens (primary N) is 1. The van der Waals surface area contributed by atoms with Crippen LogP contribution in [0.1, 0.15) is 0 Å². The van der Waals surface area contributed by atoms with Crippen LogP contribution >= 0.6 is 11.8 Å². The monoisotopic (exact) mass is 242 g/mol. The van der Waals surface area contributed by atoms with Crippen LogP contribution in [0, 0.1) is 11.6 Å². The molecule has 2 aromatic rings. The third-order valence-electron chi connectivity index (χ3n) is 2.03. The van der Waals surface area contributed by atoms with Crippen LogP contribution in [-0.2, 0) is 0 Å². The first-order chi connectivity index (χ1) is 7.61. The second kappa shape index (κ2) is 4.13. The van der Waals surface area contributed by atoms with Crippen molar-refractivity contribution < 1.29 is 13.3 Å². The van der Waals surface area contributed by atoms with E-state index >= 15 is 0 Å². The molecule has 0 atom stereocenters. The predicted molar refractivity (Wildman–Crippen MR) is 58.0 cm³/mol. The van der Waals surface area contributed by atoms with Crippen LogP contribution < -0.4 is 5.73 Å². The summed E-state index contributed by atoms with van der Waals surface area (Å²) >= 11 is 1.12. The summed E-state index contributed by atoms with van der Waals surface area (Å²) < 4.78 is 31.7. The molecule has 0 aliphatic heterocycles. The van der Waals surface area contributed by atoms with E-state index in [1.807, 2.05) is 0 Å². The Morgan fingerprint density at radius 1 is 1.31 bits per heavy atom. The molecule has 1 aromatic carbocycles. The molecule has 1 aromatic heterocycles. The maximum atomic E-state index is 13.8. The van der Waals surface area contributed by atoms with E-state index in [0.29, 0.717) is 0 Å². The Hall–Kier alpha value is -1.56. The van der Waals surface area contributed by atoms with Gasteiger partial charge in [-0.1, -0.05) is 5.16 Å². The number of halogens is 2. The number of rotatable bonds is 2. The molecular formula is C10H8F2N2OS. The van der Waals surface area contributed by atoms with Crippen LogP contribution in [0.3, 0.4) is 0 Å². The molecule has 0 aliphatic rings. The minimum Gasteiger partial charge on any atom is -0.368 e. The number of hydrogen-bond acceptors (Lipinski definition) is 4. The largest absolute Gasteiger partial charge is 0.368 e. The molecule has 0 radical (unpaired) electrons. The zero-order valence-corrected chi connectivity index (χ0v) is 9.15. The zero-order valence-electron chi connectivity index (χ0n) is 8.33. The normalized spacial score (nSPS) is 10.7. The van der Waals surface area contributed by atoms with Crippen LogP contribution in [-0.4, -0.2) is 11.4 Å². The fourth-order valence-electron chi connectivity index (χ4n) is 1.32. The number of aromatic nitrogens is 1. The first-order valence-electron chi connectivity index (χ1n) is 4.37. The number of hydrogen-bond donors (Lipinski definition) is 1. The Labute approximate surface area is 94.6 Å². The molecule has 0 amide bonds. The number of thioether (sulfide) groups is 1. The molecule has 0 bridgehead atoms. The Kier molecular flexibility index (Phi) is 2.82. The molecule has 2 N–H and O–H groups in total. The van der Waals surface area contributed by atoms with Crippen molar-refractivity contribution in [1.29, 1.82) is 0 Å².